The van der Waals surface area contributed by atoms with Crippen molar-refractivity contribution < 1.29 is 9.84 Å². The van der Waals surface area contributed by atoms with Crippen molar-refractivity contribution in [1.29, 1.82) is 0 Å². The molecule has 1 unspecified atom stereocenters. The topological polar surface area (TPSA) is 32.8 Å². The van der Waals surface area contributed by atoms with Gasteiger partial charge in [-0.1, -0.05) is 84.0 Å². The molecule has 0 bridgehead atoms. The molecule has 0 amide bonds. The Hall–Kier alpha value is -0.0800. The van der Waals surface area contributed by atoms with Crippen molar-refractivity contribution in [2.24, 2.45) is 0 Å². The summed E-state index contributed by atoms with van der Waals surface area (Å²) in [5.41, 5.74) is 0. The van der Waals surface area contributed by atoms with Crippen LogP contribution in [0.1, 0.15) is 97.3 Å². The molecule has 20 heavy (non-hydrogen) atoms. The first-order chi connectivity index (χ1) is 9.81. The summed E-state index contributed by atoms with van der Waals surface area (Å²) in [6.45, 7) is 5.69. The molecule has 2 nitrogen and oxygen atoms in total. The van der Waals surface area contributed by atoms with Crippen molar-refractivity contribution in [1.82, 2.24) is 0 Å². The molecule has 1 aliphatic heterocycles. The third-order valence-corrected chi connectivity index (χ3v) is 3.76. The first-order valence-electron chi connectivity index (χ1n) is 9.03. The Labute approximate surface area is 127 Å². The molecule has 1 saturated heterocycles. The van der Waals surface area contributed by atoms with E-state index >= 15 is 0 Å². The summed E-state index contributed by atoms with van der Waals surface area (Å²) in [5, 5.41) is 8.63. The van der Waals surface area contributed by atoms with E-state index in [4.69, 9.17) is 9.84 Å². The van der Waals surface area contributed by atoms with Crippen LogP contribution in [0, 0.1) is 0 Å². The quantitative estimate of drug-likeness (QED) is 0.359. The van der Waals surface area contributed by atoms with Gasteiger partial charge < -0.3 is 9.84 Å². The summed E-state index contributed by atoms with van der Waals surface area (Å²) in [7, 11) is 0. The second-order valence-electron chi connectivity index (χ2n) is 6.11. The molecule has 0 aromatic heterocycles. The Kier molecular flexibility index (Phi) is 16.9. The molecule has 1 aliphatic rings. The number of aliphatic hydroxyl groups excluding tert-OH is 1. The Morgan fingerprint density at radius 2 is 1.05 bits per heavy atom. The van der Waals surface area contributed by atoms with Gasteiger partial charge >= 0.3 is 0 Å². The monoisotopic (exact) mass is 286 g/mol. The number of rotatable bonds is 13. The smallest absolute Gasteiger partial charge is 0.0781 e. The van der Waals surface area contributed by atoms with Crippen molar-refractivity contribution in [2.75, 3.05) is 13.2 Å². The molecular weight excluding hydrogens is 248 g/mol. The number of hydrogen-bond acceptors (Lipinski definition) is 2. The van der Waals surface area contributed by atoms with Crippen LogP contribution in [-0.4, -0.2) is 24.4 Å². The van der Waals surface area contributed by atoms with E-state index < -0.39 is 0 Å². The molecule has 122 valence electrons. The first-order valence-corrected chi connectivity index (χ1v) is 9.03. The largest absolute Gasteiger partial charge is 0.396 e. The van der Waals surface area contributed by atoms with E-state index in [0.29, 0.717) is 12.7 Å². The van der Waals surface area contributed by atoms with E-state index in [2.05, 4.69) is 13.8 Å². The number of epoxide rings is 1. The molecule has 0 aliphatic carbocycles. The van der Waals surface area contributed by atoms with Gasteiger partial charge in [-0.05, 0) is 13.3 Å². The van der Waals surface area contributed by atoms with Crippen LogP contribution in [0.3, 0.4) is 0 Å². The van der Waals surface area contributed by atoms with Crippen molar-refractivity contribution >= 4 is 0 Å². The second-order valence-corrected chi connectivity index (χ2v) is 6.11. The number of hydrogen-bond donors (Lipinski definition) is 1. The first kappa shape index (κ1) is 19.9. The Balaban J connectivity index is 0.000000760. The fourth-order valence-corrected chi connectivity index (χ4v) is 2.23. The zero-order valence-electron chi connectivity index (χ0n) is 14.0. The maximum absolute atomic E-state index is 8.63. The van der Waals surface area contributed by atoms with E-state index in [0.717, 1.165) is 13.0 Å². The maximum Gasteiger partial charge on any atom is 0.0781 e. The lowest BCUT2D eigenvalue weighted by molar-refractivity contribution is 0.282. The van der Waals surface area contributed by atoms with Gasteiger partial charge in [-0.3, -0.25) is 0 Å². The summed E-state index contributed by atoms with van der Waals surface area (Å²) in [5.74, 6) is 0. The molecule has 1 rings (SSSR count). The average Bonchev–Trinajstić information content (AvgIpc) is 3.23. The van der Waals surface area contributed by atoms with E-state index in [9.17, 15) is 0 Å². The fourth-order valence-electron chi connectivity index (χ4n) is 2.23. The summed E-state index contributed by atoms with van der Waals surface area (Å²) in [6, 6.07) is 0. The molecular formula is C18H38O2. The molecule has 0 radical (unpaired) electrons. The Morgan fingerprint density at radius 3 is 1.30 bits per heavy atom. The van der Waals surface area contributed by atoms with Crippen LogP contribution in [0.25, 0.3) is 0 Å². The zero-order valence-corrected chi connectivity index (χ0v) is 14.0. The van der Waals surface area contributed by atoms with E-state index in [1.807, 2.05) is 0 Å². The van der Waals surface area contributed by atoms with E-state index in [1.54, 1.807) is 0 Å². The molecule has 0 aromatic rings. The van der Waals surface area contributed by atoms with Crippen molar-refractivity contribution in [3.63, 3.8) is 0 Å². The van der Waals surface area contributed by atoms with Crippen LogP contribution in [-0.2, 0) is 4.74 Å². The van der Waals surface area contributed by atoms with Crippen molar-refractivity contribution in [3.05, 3.63) is 0 Å². The van der Waals surface area contributed by atoms with Gasteiger partial charge in [-0.15, -0.1) is 0 Å². The molecule has 1 fully saturated rings. The Bertz CT molecular complexity index is 153. The normalized spacial score (nSPS) is 16.6. The van der Waals surface area contributed by atoms with Crippen molar-refractivity contribution in [3.8, 4) is 0 Å². The summed E-state index contributed by atoms with van der Waals surface area (Å²) in [6.07, 6.45) is 18.3. The predicted octanol–water partition coefficient (Wildman–Crippen LogP) is 5.48. The predicted molar refractivity (Wildman–Crippen MR) is 88.2 cm³/mol. The van der Waals surface area contributed by atoms with Gasteiger partial charge in [0.25, 0.3) is 0 Å². The van der Waals surface area contributed by atoms with Crippen molar-refractivity contribution in [2.45, 2.75) is 103 Å². The van der Waals surface area contributed by atoms with Gasteiger partial charge in [0, 0.05) is 6.61 Å². The highest BCUT2D eigenvalue weighted by Crippen LogP contribution is 2.12. The second kappa shape index (κ2) is 17.0. The van der Waals surface area contributed by atoms with Crippen LogP contribution >= 0.6 is 0 Å². The van der Waals surface area contributed by atoms with Gasteiger partial charge in [-0.2, -0.15) is 0 Å². The molecule has 1 N–H and O–H groups in total. The van der Waals surface area contributed by atoms with Crippen LogP contribution < -0.4 is 0 Å². The van der Waals surface area contributed by atoms with E-state index in [1.165, 1.54) is 77.0 Å². The lowest BCUT2D eigenvalue weighted by Crippen LogP contribution is -1.84. The fraction of sp³-hybridized carbons (Fsp3) is 1.00. The highest BCUT2D eigenvalue weighted by Gasteiger charge is 2.13. The number of ether oxygens (including phenoxy) is 1. The van der Waals surface area contributed by atoms with Crippen LogP contribution in [0.2, 0.25) is 0 Å². The Morgan fingerprint density at radius 1 is 0.750 bits per heavy atom. The molecule has 0 spiro atoms. The van der Waals surface area contributed by atoms with Gasteiger partial charge in [0.2, 0.25) is 0 Å². The summed E-state index contributed by atoms with van der Waals surface area (Å²) in [4.78, 5) is 0. The highest BCUT2D eigenvalue weighted by atomic mass is 16.6. The molecule has 1 atom stereocenters. The average molecular weight is 286 g/mol. The summed E-state index contributed by atoms with van der Waals surface area (Å²) >= 11 is 0. The van der Waals surface area contributed by atoms with Crippen LogP contribution in [0.15, 0.2) is 0 Å². The molecule has 2 heteroatoms. The number of aliphatic hydroxyl groups is 1. The lowest BCUT2D eigenvalue weighted by atomic mass is 10.0. The third-order valence-electron chi connectivity index (χ3n) is 3.76. The lowest BCUT2D eigenvalue weighted by Gasteiger charge is -2.02. The van der Waals surface area contributed by atoms with Crippen LogP contribution in [0.5, 0.6) is 0 Å². The SMILES string of the molecule is CC1CO1.CCCCCCCCCCCCCCCO. The molecule has 1 heterocycles. The minimum Gasteiger partial charge on any atom is -0.396 e. The van der Waals surface area contributed by atoms with Gasteiger partial charge in [0.1, 0.15) is 0 Å². The number of unbranched alkanes of at least 4 members (excludes halogenated alkanes) is 12. The zero-order chi connectivity index (χ0) is 14.9. The van der Waals surface area contributed by atoms with Gasteiger partial charge in [-0.25, -0.2) is 0 Å². The highest BCUT2D eigenvalue weighted by molar-refractivity contribution is 4.58. The summed E-state index contributed by atoms with van der Waals surface area (Å²) < 4.78 is 4.71. The third kappa shape index (κ3) is 20.2. The molecule has 0 aromatic carbocycles. The maximum atomic E-state index is 8.63. The van der Waals surface area contributed by atoms with Crippen LogP contribution in [0.4, 0.5) is 0 Å². The van der Waals surface area contributed by atoms with E-state index in [-0.39, 0.29) is 0 Å². The van der Waals surface area contributed by atoms with Gasteiger partial charge in [0.15, 0.2) is 0 Å². The molecule has 0 saturated carbocycles. The standard InChI is InChI=1S/C15H32O.C3H6O/c1-2-3-4-5-6-7-8-9-10-11-12-13-14-15-16;1-3-2-4-3/h16H,2-15H2,1H3;3H,2H2,1H3. The minimum atomic E-state index is 0.373. The minimum absolute atomic E-state index is 0.373. The van der Waals surface area contributed by atoms with Gasteiger partial charge in [0.05, 0.1) is 12.7 Å².